The Kier molecular flexibility index (Phi) is 6.21. The van der Waals surface area contributed by atoms with E-state index in [1.807, 2.05) is 0 Å². The molecule has 0 aromatic rings. The van der Waals surface area contributed by atoms with E-state index >= 15 is 0 Å². The van der Waals surface area contributed by atoms with Crippen LogP contribution in [0.4, 0.5) is 9.59 Å². The topological polar surface area (TPSA) is 59.1 Å². The van der Waals surface area contributed by atoms with Crippen molar-refractivity contribution in [3.63, 3.8) is 0 Å². The summed E-state index contributed by atoms with van der Waals surface area (Å²) in [5, 5.41) is 2.92. The highest BCUT2D eigenvalue weighted by Gasteiger charge is 2.33. The minimum atomic E-state index is -0.387. The van der Waals surface area contributed by atoms with E-state index in [2.05, 4.69) is 0 Å². The van der Waals surface area contributed by atoms with Crippen LogP contribution in [0, 0.1) is 0 Å². The van der Waals surface area contributed by atoms with Gasteiger partial charge in [0.15, 0.2) is 0 Å². The summed E-state index contributed by atoms with van der Waals surface area (Å²) in [4.78, 5) is 25.1. The molecule has 2 saturated carbocycles. The van der Waals surface area contributed by atoms with E-state index in [1.54, 1.807) is 0 Å². The molecule has 0 bridgehead atoms. The van der Waals surface area contributed by atoms with Crippen LogP contribution in [0.15, 0.2) is 0 Å². The molecule has 0 aromatic carbocycles. The van der Waals surface area contributed by atoms with Crippen LogP contribution < -0.4 is 0 Å². The monoisotopic (exact) mass is 338 g/mol. The zero-order chi connectivity index (χ0) is 16.8. The number of hydrogen-bond acceptors (Lipinski definition) is 4. The first-order chi connectivity index (χ1) is 11.7. The fourth-order valence-corrected chi connectivity index (χ4v) is 3.92. The highest BCUT2D eigenvalue weighted by Crippen LogP contribution is 2.24. The Morgan fingerprint density at radius 2 is 0.958 bits per heavy atom. The van der Waals surface area contributed by atoms with Gasteiger partial charge in [-0.2, -0.15) is 0 Å². The molecule has 0 spiro atoms. The molecule has 3 aliphatic rings. The highest BCUT2D eigenvalue weighted by atomic mass is 16.6. The lowest BCUT2D eigenvalue weighted by Crippen LogP contribution is -2.54. The third-order valence-electron chi connectivity index (χ3n) is 5.34. The molecule has 24 heavy (non-hydrogen) atoms. The van der Waals surface area contributed by atoms with Crippen molar-refractivity contribution in [2.75, 3.05) is 13.1 Å². The van der Waals surface area contributed by atoms with Crippen molar-refractivity contribution < 1.29 is 19.1 Å². The third kappa shape index (κ3) is 4.54. The van der Waals surface area contributed by atoms with Crippen molar-refractivity contribution in [2.24, 2.45) is 0 Å². The number of carbonyl (C=O) groups is 2. The summed E-state index contributed by atoms with van der Waals surface area (Å²) in [5.74, 6) is 0. The maximum absolute atomic E-state index is 12.5. The van der Waals surface area contributed by atoms with E-state index in [-0.39, 0.29) is 24.4 Å². The number of amides is 2. The number of carbonyl (C=O) groups excluding carboxylic acids is 2. The van der Waals surface area contributed by atoms with Crippen molar-refractivity contribution in [3.05, 3.63) is 0 Å². The minimum absolute atomic E-state index is 0.00407. The molecule has 1 aliphatic heterocycles. The number of rotatable bonds is 2. The Hall–Kier alpha value is -1.46. The highest BCUT2D eigenvalue weighted by molar-refractivity contribution is 5.74. The van der Waals surface area contributed by atoms with Gasteiger partial charge >= 0.3 is 12.2 Å². The van der Waals surface area contributed by atoms with Gasteiger partial charge in [-0.1, -0.05) is 12.8 Å². The van der Waals surface area contributed by atoms with Gasteiger partial charge in [-0.15, -0.1) is 0 Å². The Morgan fingerprint density at radius 3 is 1.33 bits per heavy atom. The molecule has 3 fully saturated rings. The van der Waals surface area contributed by atoms with Crippen LogP contribution in [0.1, 0.15) is 77.0 Å². The normalized spacial score (nSPS) is 23.8. The third-order valence-corrected chi connectivity index (χ3v) is 5.34. The summed E-state index contributed by atoms with van der Waals surface area (Å²) in [7, 11) is 0. The second-order valence-electron chi connectivity index (χ2n) is 7.24. The van der Waals surface area contributed by atoms with Gasteiger partial charge in [-0.25, -0.2) is 19.6 Å². The van der Waals surface area contributed by atoms with Crippen LogP contribution >= 0.6 is 0 Å². The van der Waals surface area contributed by atoms with Crippen molar-refractivity contribution in [1.29, 1.82) is 0 Å². The zero-order valence-corrected chi connectivity index (χ0v) is 14.6. The number of nitrogens with zero attached hydrogens (tertiary/aromatic N) is 2. The van der Waals surface area contributed by atoms with E-state index in [0.717, 1.165) is 64.2 Å². The van der Waals surface area contributed by atoms with Gasteiger partial charge < -0.3 is 9.47 Å². The molecular formula is C18H30N2O4. The molecule has 0 radical (unpaired) electrons. The predicted octanol–water partition coefficient (Wildman–Crippen LogP) is 4.24. The molecule has 0 N–H and O–H groups in total. The van der Waals surface area contributed by atoms with E-state index in [1.165, 1.54) is 22.9 Å². The van der Waals surface area contributed by atoms with E-state index in [9.17, 15) is 9.59 Å². The lowest BCUT2D eigenvalue weighted by atomic mass is 9.98. The molecule has 2 aliphatic carbocycles. The van der Waals surface area contributed by atoms with E-state index in [0.29, 0.717) is 13.1 Å². The smallest absolute Gasteiger partial charge is 0.429 e. The molecule has 6 nitrogen and oxygen atoms in total. The maximum Gasteiger partial charge on any atom is 0.429 e. The van der Waals surface area contributed by atoms with Crippen molar-refractivity contribution in [1.82, 2.24) is 10.0 Å². The molecular weight excluding hydrogens is 308 g/mol. The lowest BCUT2D eigenvalue weighted by Gasteiger charge is -2.38. The molecule has 1 heterocycles. The van der Waals surface area contributed by atoms with Gasteiger partial charge in [0.05, 0.1) is 0 Å². The van der Waals surface area contributed by atoms with Gasteiger partial charge in [0.25, 0.3) is 0 Å². The van der Waals surface area contributed by atoms with Gasteiger partial charge in [-0.05, 0) is 64.2 Å². The minimum Gasteiger partial charge on any atom is -0.445 e. The molecule has 6 heteroatoms. The van der Waals surface area contributed by atoms with Crippen molar-refractivity contribution in [2.45, 2.75) is 89.3 Å². The van der Waals surface area contributed by atoms with Gasteiger partial charge in [0, 0.05) is 13.1 Å². The Labute approximate surface area is 144 Å². The lowest BCUT2D eigenvalue weighted by molar-refractivity contribution is -0.0610. The summed E-state index contributed by atoms with van der Waals surface area (Å²) in [6.07, 6.45) is 11.7. The fraction of sp³-hybridized carbons (Fsp3) is 0.889. The second kappa shape index (κ2) is 8.58. The summed E-state index contributed by atoms with van der Waals surface area (Å²) in [6, 6.07) is 0. The van der Waals surface area contributed by atoms with Crippen LogP contribution in [0.25, 0.3) is 0 Å². The summed E-state index contributed by atoms with van der Waals surface area (Å²) in [6.45, 7) is 1.07. The largest absolute Gasteiger partial charge is 0.445 e. The van der Waals surface area contributed by atoms with Crippen LogP contribution in [-0.2, 0) is 9.47 Å². The first-order valence-corrected chi connectivity index (χ1v) is 9.70. The van der Waals surface area contributed by atoms with Crippen LogP contribution in [-0.4, -0.2) is 47.5 Å². The molecule has 0 aromatic heterocycles. The second-order valence-corrected chi connectivity index (χ2v) is 7.24. The number of ether oxygens (including phenoxy) is 2. The molecule has 1 saturated heterocycles. The first kappa shape index (κ1) is 17.4. The summed E-state index contributed by atoms with van der Waals surface area (Å²) in [5.41, 5.74) is 0. The van der Waals surface area contributed by atoms with Gasteiger partial charge in [0.1, 0.15) is 12.2 Å². The molecule has 3 rings (SSSR count). The Morgan fingerprint density at radius 1 is 0.583 bits per heavy atom. The molecule has 2 amide bonds. The molecule has 0 atom stereocenters. The summed E-state index contributed by atoms with van der Waals surface area (Å²) >= 11 is 0. The Bertz CT molecular complexity index is 391. The standard InChI is InChI=1S/C18H30N2O4/c21-17(23-15-9-3-1-4-10-15)19-13-7-8-14-20(19)18(22)24-16-11-5-2-6-12-16/h15-16H,1-14H2. The fourth-order valence-electron chi connectivity index (χ4n) is 3.92. The van der Waals surface area contributed by atoms with Gasteiger partial charge in [-0.3, -0.25) is 0 Å². The molecule has 0 unspecified atom stereocenters. The molecule has 136 valence electrons. The summed E-state index contributed by atoms with van der Waals surface area (Å²) < 4.78 is 11.3. The first-order valence-electron chi connectivity index (χ1n) is 9.70. The van der Waals surface area contributed by atoms with Crippen molar-refractivity contribution in [3.8, 4) is 0 Å². The van der Waals surface area contributed by atoms with E-state index in [4.69, 9.17) is 9.47 Å². The Balaban J connectivity index is 1.55. The SMILES string of the molecule is O=C(OC1CCCCC1)N1CCCCN1C(=O)OC1CCCCC1. The quantitative estimate of drug-likeness (QED) is 0.756. The predicted molar refractivity (Wildman–Crippen MR) is 89.4 cm³/mol. The number of hydrogen-bond donors (Lipinski definition) is 0. The maximum atomic E-state index is 12.5. The van der Waals surface area contributed by atoms with Crippen molar-refractivity contribution >= 4 is 12.2 Å². The van der Waals surface area contributed by atoms with Crippen LogP contribution in [0.5, 0.6) is 0 Å². The number of hydrazine groups is 1. The van der Waals surface area contributed by atoms with Crippen LogP contribution in [0.3, 0.4) is 0 Å². The van der Waals surface area contributed by atoms with Crippen LogP contribution in [0.2, 0.25) is 0 Å². The zero-order valence-electron chi connectivity index (χ0n) is 14.6. The van der Waals surface area contributed by atoms with Gasteiger partial charge in [0.2, 0.25) is 0 Å². The average Bonchev–Trinajstić information content (AvgIpc) is 2.63. The average molecular weight is 338 g/mol. The van der Waals surface area contributed by atoms with E-state index < -0.39 is 0 Å².